The van der Waals surface area contributed by atoms with Crippen molar-refractivity contribution in [2.45, 2.75) is 76.2 Å². The number of carbonyl (C=O) groups excluding carboxylic acids is 4. The summed E-state index contributed by atoms with van der Waals surface area (Å²) in [5.41, 5.74) is 6.04. The van der Waals surface area contributed by atoms with Gasteiger partial charge in [0.05, 0.1) is 37.4 Å². The Bertz CT molecular complexity index is 1160. The molecule has 3 aliphatic rings. The van der Waals surface area contributed by atoms with Gasteiger partial charge in [0.2, 0.25) is 17.7 Å². The van der Waals surface area contributed by atoms with Crippen LogP contribution in [0.25, 0.3) is 0 Å². The summed E-state index contributed by atoms with van der Waals surface area (Å²) in [6.07, 6.45) is 7.22. The molecule has 7 N–H and O–H groups in total. The molecular formula is C29H46N10O5. The van der Waals surface area contributed by atoms with Crippen LogP contribution in [0.3, 0.4) is 0 Å². The number of hydrogen-bond acceptors (Lipinski definition) is 10. The zero-order valence-electron chi connectivity index (χ0n) is 25.6. The van der Waals surface area contributed by atoms with Crippen molar-refractivity contribution in [3.8, 4) is 0 Å². The Kier molecular flexibility index (Phi) is 12.0. The van der Waals surface area contributed by atoms with Crippen molar-refractivity contribution in [2.75, 3.05) is 45.9 Å². The lowest BCUT2D eigenvalue weighted by Gasteiger charge is -2.36. The van der Waals surface area contributed by atoms with Crippen LogP contribution < -0.4 is 27.0 Å². The first-order valence-corrected chi connectivity index (χ1v) is 15.5. The van der Waals surface area contributed by atoms with Gasteiger partial charge in [-0.2, -0.15) is 0 Å². The van der Waals surface area contributed by atoms with Crippen LogP contribution in [0.1, 0.15) is 56.4 Å². The van der Waals surface area contributed by atoms with Crippen molar-refractivity contribution in [3.63, 3.8) is 0 Å². The third-order valence-corrected chi connectivity index (χ3v) is 8.37. The number of nitrogens with one attached hydrogen (secondary N) is 5. The summed E-state index contributed by atoms with van der Waals surface area (Å²) in [5.74, 6) is -1.84. The molecule has 44 heavy (non-hydrogen) atoms. The first kappa shape index (κ1) is 33.2. The van der Waals surface area contributed by atoms with Crippen molar-refractivity contribution in [3.05, 3.63) is 24.3 Å². The van der Waals surface area contributed by atoms with Crippen LogP contribution in [0.5, 0.6) is 0 Å². The van der Waals surface area contributed by atoms with Gasteiger partial charge in [-0.25, -0.2) is 4.98 Å². The summed E-state index contributed by atoms with van der Waals surface area (Å²) in [6, 6.07) is -2.41. The zero-order valence-corrected chi connectivity index (χ0v) is 25.6. The van der Waals surface area contributed by atoms with Gasteiger partial charge >= 0.3 is 0 Å². The summed E-state index contributed by atoms with van der Waals surface area (Å²) in [7, 11) is 0. The molecular weight excluding hydrogens is 568 g/mol. The fraction of sp³-hybridized carbons (Fsp3) is 0.690. The van der Waals surface area contributed by atoms with Crippen LogP contribution in [0.4, 0.5) is 0 Å². The third kappa shape index (κ3) is 9.40. The minimum atomic E-state index is -1.14. The first-order valence-electron chi connectivity index (χ1n) is 15.5. The Morgan fingerprint density at radius 1 is 1.23 bits per heavy atom. The molecule has 15 nitrogen and oxygen atoms in total. The molecule has 15 heteroatoms. The van der Waals surface area contributed by atoms with Crippen molar-refractivity contribution in [2.24, 2.45) is 11.7 Å². The monoisotopic (exact) mass is 614 g/mol. The van der Waals surface area contributed by atoms with Crippen LogP contribution in [0.15, 0.2) is 18.6 Å². The van der Waals surface area contributed by atoms with E-state index in [1.807, 2.05) is 11.8 Å². The van der Waals surface area contributed by atoms with E-state index in [1.54, 1.807) is 11.8 Å². The quantitative estimate of drug-likeness (QED) is 0.107. The second-order valence-electron chi connectivity index (χ2n) is 11.8. The summed E-state index contributed by atoms with van der Waals surface area (Å²) in [5, 5.41) is 19.8. The fourth-order valence-corrected chi connectivity index (χ4v) is 5.74. The average Bonchev–Trinajstić information content (AvgIpc) is 3.87. The van der Waals surface area contributed by atoms with Gasteiger partial charge < -0.3 is 36.6 Å². The van der Waals surface area contributed by atoms with E-state index in [4.69, 9.17) is 15.9 Å². The third-order valence-electron chi connectivity index (χ3n) is 8.37. The highest BCUT2D eigenvalue weighted by molar-refractivity contribution is 5.95. The zero-order chi connectivity index (χ0) is 31.6. The van der Waals surface area contributed by atoms with E-state index in [9.17, 15) is 19.2 Å². The largest absolute Gasteiger partial charge is 0.386 e. The van der Waals surface area contributed by atoms with Gasteiger partial charge in [0.15, 0.2) is 0 Å². The number of morpholine rings is 1. The molecule has 3 heterocycles. The number of rotatable bonds is 14. The Labute approximate surface area is 257 Å². The van der Waals surface area contributed by atoms with Crippen molar-refractivity contribution in [1.29, 1.82) is 5.41 Å². The normalized spacial score (nSPS) is 22.6. The number of piperidine rings is 1. The van der Waals surface area contributed by atoms with E-state index >= 15 is 0 Å². The van der Waals surface area contributed by atoms with Gasteiger partial charge in [-0.1, -0.05) is 0 Å². The second-order valence-corrected chi connectivity index (χ2v) is 11.8. The highest BCUT2D eigenvalue weighted by Gasteiger charge is 2.39. The van der Waals surface area contributed by atoms with Crippen molar-refractivity contribution in [1.82, 2.24) is 41.0 Å². The maximum absolute atomic E-state index is 14.0. The van der Waals surface area contributed by atoms with Gasteiger partial charge in [0, 0.05) is 51.2 Å². The number of nitrogens with zero attached hydrogens (tertiary/aromatic N) is 4. The smallest absolute Gasteiger partial charge is 0.271 e. The molecule has 1 aromatic heterocycles. The molecule has 1 aliphatic carbocycles. The molecule has 4 amide bonds. The van der Waals surface area contributed by atoms with E-state index in [1.165, 1.54) is 18.6 Å². The number of aromatic nitrogens is 2. The average molecular weight is 615 g/mol. The standard InChI is InChI=1S/C29H46N10O5/c1-18-17-38(12-13-44-18)19(2)27(41)36-22(14-24(40)37-25(26(30)31)20-4-3-7-32-15-20)29(43)39(21-5-6-21)11-10-35-28(42)23-16-33-8-9-34-23/h8-9,16,18-22,25,32H,3-7,10-15,17H2,1-2H3,(H3,30,31)(H,35,42)(H,36,41)(H,37,40). The van der Waals surface area contributed by atoms with Gasteiger partial charge in [-0.3, -0.25) is 34.5 Å². The molecule has 5 atom stereocenters. The van der Waals surface area contributed by atoms with Gasteiger partial charge in [-0.05, 0) is 52.0 Å². The van der Waals surface area contributed by atoms with Gasteiger partial charge in [-0.15, -0.1) is 0 Å². The Morgan fingerprint density at radius 2 is 2.02 bits per heavy atom. The van der Waals surface area contributed by atoms with Gasteiger partial charge in [0.1, 0.15) is 17.6 Å². The lowest BCUT2D eigenvalue weighted by atomic mass is 9.90. The maximum Gasteiger partial charge on any atom is 0.271 e. The van der Waals surface area contributed by atoms with Crippen LogP contribution in [0, 0.1) is 11.3 Å². The van der Waals surface area contributed by atoms with Crippen LogP contribution in [-0.4, -0.2) is 125 Å². The van der Waals surface area contributed by atoms with Gasteiger partial charge in [0.25, 0.3) is 5.91 Å². The Hall–Kier alpha value is -3.69. The minimum absolute atomic E-state index is 0.0255. The predicted molar refractivity (Wildman–Crippen MR) is 162 cm³/mol. The van der Waals surface area contributed by atoms with Crippen molar-refractivity contribution >= 4 is 29.5 Å². The minimum Gasteiger partial charge on any atom is -0.386 e. The number of amidine groups is 1. The maximum atomic E-state index is 14.0. The van der Waals surface area contributed by atoms with E-state index in [2.05, 4.69) is 31.2 Å². The van der Waals surface area contributed by atoms with E-state index in [0.717, 1.165) is 32.2 Å². The summed E-state index contributed by atoms with van der Waals surface area (Å²) >= 11 is 0. The fourth-order valence-electron chi connectivity index (χ4n) is 5.74. The molecule has 0 spiro atoms. The first-order chi connectivity index (χ1) is 21.1. The van der Waals surface area contributed by atoms with Crippen LogP contribution >= 0.6 is 0 Å². The van der Waals surface area contributed by atoms with E-state index in [0.29, 0.717) is 26.2 Å². The lowest BCUT2D eigenvalue weighted by molar-refractivity contribution is -0.140. The highest BCUT2D eigenvalue weighted by Crippen LogP contribution is 2.27. The van der Waals surface area contributed by atoms with Crippen molar-refractivity contribution < 1.29 is 23.9 Å². The molecule has 0 bridgehead atoms. The SMILES string of the molecule is CC1CN(C(C)C(=O)NC(CC(=O)NC(C(=N)N)C2CCCNC2)C(=O)N(CCNC(=O)c2cnccn2)C2CC2)CCO1. The molecule has 0 radical (unpaired) electrons. The highest BCUT2D eigenvalue weighted by atomic mass is 16.5. The molecule has 5 unspecified atom stereocenters. The topological polar surface area (TPSA) is 208 Å². The number of ether oxygens (including phenoxy) is 1. The molecule has 3 fully saturated rings. The molecule has 2 aliphatic heterocycles. The molecule has 0 aromatic carbocycles. The molecule has 242 valence electrons. The van der Waals surface area contributed by atoms with Crippen LogP contribution in [-0.2, 0) is 19.1 Å². The molecule has 1 aromatic rings. The molecule has 1 saturated carbocycles. The Morgan fingerprint density at radius 3 is 2.66 bits per heavy atom. The number of carbonyl (C=O) groups is 4. The second kappa shape index (κ2) is 15.9. The summed E-state index contributed by atoms with van der Waals surface area (Å²) in [4.78, 5) is 64.8. The molecule has 2 saturated heterocycles. The summed E-state index contributed by atoms with van der Waals surface area (Å²) < 4.78 is 5.61. The predicted octanol–water partition coefficient (Wildman–Crippen LogP) is -1.40. The van der Waals surface area contributed by atoms with Crippen LogP contribution in [0.2, 0.25) is 0 Å². The summed E-state index contributed by atoms with van der Waals surface area (Å²) in [6.45, 7) is 7.22. The lowest BCUT2D eigenvalue weighted by Crippen LogP contribution is -2.58. The number of nitrogens with two attached hydrogens (primary N) is 1. The number of amides is 4. The van der Waals surface area contributed by atoms with E-state index < -0.39 is 35.8 Å². The number of hydrogen-bond donors (Lipinski definition) is 6. The Balaban J connectivity index is 1.45. The molecule has 4 rings (SSSR count). The van der Waals surface area contributed by atoms with E-state index in [-0.39, 0.29) is 55.0 Å².